The van der Waals surface area contributed by atoms with Gasteiger partial charge in [0.2, 0.25) is 0 Å². The number of hydrogen-bond donors (Lipinski definition) is 1. The van der Waals surface area contributed by atoms with Crippen molar-refractivity contribution < 1.29 is 9.84 Å². The molecule has 0 aliphatic carbocycles. The molecule has 1 aromatic rings. The summed E-state index contributed by atoms with van der Waals surface area (Å²) < 4.78 is 5.47. The van der Waals surface area contributed by atoms with Gasteiger partial charge in [-0.15, -0.1) is 0 Å². The average Bonchev–Trinajstić information content (AvgIpc) is 2.33. The first-order chi connectivity index (χ1) is 7.20. The molecule has 1 unspecified atom stereocenters. The zero-order chi connectivity index (χ0) is 11.3. The van der Waals surface area contributed by atoms with Crippen molar-refractivity contribution in [1.29, 1.82) is 0 Å². The lowest BCUT2D eigenvalue weighted by Gasteiger charge is -2.35. The maximum Gasteiger partial charge on any atom is 0.109 e. The second-order valence-corrected chi connectivity index (χ2v) is 3.66. The van der Waals surface area contributed by atoms with E-state index in [9.17, 15) is 5.11 Å². The van der Waals surface area contributed by atoms with Crippen molar-refractivity contribution in [2.75, 3.05) is 7.11 Å². The molecule has 0 saturated carbocycles. The van der Waals surface area contributed by atoms with Crippen molar-refractivity contribution >= 4 is 0 Å². The Kier molecular flexibility index (Phi) is 4.24. The third-order valence-electron chi connectivity index (χ3n) is 3.10. The summed E-state index contributed by atoms with van der Waals surface area (Å²) in [6.07, 6.45) is 4.31. The van der Waals surface area contributed by atoms with E-state index in [1.54, 1.807) is 19.5 Å². The number of hydrogen-bond acceptors (Lipinski definition) is 3. The van der Waals surface area contributed by atoms with Gasteiger partial charge in [0.05, 0.1) is 5.60 Å². The Hall–Kier alpha value is -0.930. The van der Waals surface area contributed by atoms with Crippen LogP contribution in [0.4, 0.5) is 0 Å². The Morgan fingerprint density at radius 2 is 2.13 bits per heavy atom. The summed E-state index contributed by atoms with van der Waals surface area (Å²) in [4.78, 5) is 4.01. The molecule has 3 nitrogen and oxygen atoms in total. The molecular weight excluding hydrogens is 190 g/mol. The molecule has 0 bridgehead atoms. The van der Waals surface area contributed by atoms with Crippen molar-refractivity contribution in [3.05, 3.63) is 30.1 Å². The van der Waals surface area contributed by atoms with E-state index >= 15 is 0 Å². The fourth-order valence-electron chi connectivity index (χ4n) is 1.88. The molecule has 15 heavy (non-hydrogen) atoms. The molecule has 0 fully saturated rings. The van der Waals surface area contributed by atoms with E-state index in [0.29, 0.717) is 0 Å². The highest BCUT2D eigenvalue weighted by molar-refractivity contribution is 5.16. The topological polar surface area (TPSA) is 42.4 Å². The average molecular weight is 209 g/mol. The number of rotatable bonds is 5. The number of nitrogens with zero attached hydrogens (tertiary/aromatic N) is 1. The highest BCUT2D eigenvalue weighted by Gasteiger charge is 2.35. The summed E-state index contributed by atoms with van der Waals surface area (Å²) in [5, 5.41) is 10.3. The first kappa shape index (κ1) is 12.1. The van der Waals surface area contributed by atoms with Gasteiger partial charge in [-0.1, -0.05) is 19.9 Å². The molecular formula is C12H19NO2. The van der Waals surface area contributed by atoms with Crippen molar-refractivity contribution in [2.24, 2.45) is 0 Å². The molecule has 0 aliphatic heterocycles. The largest absolute Gasteiger partial charge is 0.385 e. The zero-order valence-electron chi connectivity index (χ0n) is 9.60. The molecule has 1 heterocycles. The van der Waals surface area contributed by atoms with E-state index in [1.165, 1.54) is 0 Å². The third-order valence-corrected chi connectivity index (χ3v) is 3.10. The van der Waals surface area contributed by atoms with Gasteiger partial charge in [-0.3, -0.25) is 4.98 Å². The second-order valence-electron chi connectivity index (χ2n) is 3.66. The Morgan fingerprint density at radius 1 is 1.47 bits per heavy atom. The highest BCUT2D eigenvalue weighted by Crippen LogP contribution is 2.34. The first-order valence-corrected chi connectivity index (χ1v) is 5.33. The molecule has 0 radical (unpaired) electrons. The normalized spacial score (nSPS) is 13.9. The molecule has 1 atom stereocenters. The molecule has 0 aromatic carbocycles. The van der Waals surface area contributed by atoms with Crippen LogP contribution in [0.5, 0.6) is 0 Å². The van der Waals surface area contributed by atoms with E-state index in [-0.39, 0.29) is 0 Å². The van der Waals surface area contributed by atoms with Crippen LogP contribution in [-0.2, 0) is 4.74 Å². The third kappa shape index (κ3) is 2.36. The molecule has 3 heteroatoms. The van der Waals surface area contributed by atoms with E-state index < -0.39 is 11.7 Å². The van der Waals surface area contributed by atoms with Gasteiger partial charge in [-0.05, 0) is 18.9 Å². The molecule has 0 amide bonds. The summed E-state index contributed by atoms with van der Waals surface area (Å²) in [6, 6.07) is 3.70. The maximum absolute atomic E-state index is 10.3. The summed E-state index contributed by atoms with van der Waals surface area (Å²) in [5.41, 5.74) is 0.311. The minimum Gasteiger partial charge on any atom is -0.385 e. The van der Waals surface area contributed by atoms with Crippen molar-refractivity contribution in [1.82, 2.24) is 4.98 Å². The van der Waals surface area contributed by atoms with Gasteiger partial charge in [-0.25, -0.2) is 0 Å². The van der Waals surface area contributed by atoms with Gasteiger partial charge in [0.1, 0.15) is 6.10 Å². The van der Waals surface area contributed by atoms with Crippen LogP contribution in [0.2, 0.25) is 0 Å². The number of ether oxygens (including phenoxy) is 1. The predicted molar refractivity (Wildman–Crippen MR) is 59.5 cm³/mol. The molecule has 1 aromatic heterocycles. The van der Waals surface area contributed by atoms with E-state index in [2.05, 4.69) is 4.98 Å². The summed E-state index contributed by atoms with van der Waals surface area (Å²) in [7, 11) is 1.65. The number of methoxy groups -OCH3 is 1. The van der Waals surface area contributed by atoms with Gasteiger partial charge < -0.3 is 9.84 Å². The number of aromatic nitrogens is 1. The highest BCUT2D eigenvalue weighted by atomic mass is 16.5. The molecule has 1 rings (SSSR count). The SMILES string of the molecule is CCC(CC)(OC)C(O)c1cccnc1. The summed E-state index contributed by atoms with van der Waals surface area (Å²) >= 11 is 0. The van der Waals surface area contributed by atoms with E-state index in [1.807, 2.05) is 26.0 Å². The van der Waals surface area contributed by atoms with Crippen LogP contribution in [0.1, 0.15) is 38.4 Å². The van der Waals surface area contributed by atoms with Crippen molar-refractivity contribution in [3.8, 4) is 0 Å². The minimum absolute atomic E-state index is 0.497. The first-order valence-electron chi connectivity index (χ1n) is 5.33. The van der Waals surface area contributed by atoms with Crippen molar-refractivity contribution in [3.63, 3.8) is 0 Å². The fraction of sp³-hybridized carbons (Fsp3) is 0.583. The number of pyridine rings is 1. The maximum atomic E-state index is 10.3. The standard InChI is InChI=1S/C12H19NO2/c1-4-12(5-2,15-3)11(14)10-7-6-8-13-9-10/h6-9,11,14H,4-5H2,1-3H3. The quantitative estimate of drug-likeness (QED) is 0.809. The lowest BCUT2D eigenvalue weighted by molar-refractivity contribution is -0.110. The van der Waals surface area contributed by atoms with Crippen LogP contribution in [0.3, 0.4) is 0 Å². The van der Waals surface area contributed by atoms with Crippen molar-refractivity contribution in [2.45, 2.75) is 38.4 Å². The van der Waals surface area contributed by atoms with Gasteiger partial charge in [0.15, 0.2) is 0 Å². The van der Waals surface area contributed by atoms with Crippen LogP contribution in [0.15, 0.2) is 24.5 Å². The van der Waals surface area contributed by atoms with Crippen LogP contribution >= 0.6 is 0 Å². The number of aliphatic hydroxyl groups is 1. The van der Waals surface area contributed by atoms with Gasteiger partial charge in [0.25, 0.3) is 0 Å². The number of aliphatic hydroxyl groups excluding tert-OH is 1. The van der Waals surface area contributed by atoms with Gasteiger partial charge in [0, 0.05) is 25.1 Å². The minimum atomic E-state index is -0.619. The van der Waals surface area contributed by atoms with Crippen LogP contribution < -0.4 is 0 Å². The second kappa shape index (κ2) is 5.24. The van der Waals surface area contributed by atoms with Gasteiger partial charge >= 0.3 is 0 Å². The Bertz CT molecular complexity index is 275. The molecule has 0 spiro atoms. The predicted octanol–water partition coefficient (Wildman–Crippen LogP) is 2.32. The van der Waals surface area contributed by atoms with Crippen LogP contribution in [-0.4, -0.2) is 22.8 Å². The molecule has 1 N–H and O–H groups in total. The zero-order valence-corrected chi connectivity index (χ0v) is 9.60. The molecule has 84 valence electrons. The molecule has 0 saturated heterocycles. The van der Waals surface area contributed by atoms with Gasteiger partial charge in [-0.2, -0.15) is 0 Å². The van der Waals surface area contributed by atoms with Crippen LogP contribution in [0, 0.1) is 0 Å². The van der Waals surface area contributed by atoms with E-state index in [0.717, 1.165) is 18.4 Å². The lowest BCUT2D eigenvalue weighted by atomic mass is 9.87. The lowest BCUT2D eigenvalue weighted by Crippen LogP contribution is -2.37. The van der Waals surface area contributed by atoms with Crippen LogP contribution in [0.25, 0.3) is 0 Å². The fourth-order valence-corrected chi connectivity index (χ4v) is 1.88. The summed E-state index contributed by atoms with van der Waals surface area (Å²) in [6.45, 7) is 4.04. The Morgan fingerprint density at radius 3 is 2.53 bits per heavy atom. The monoisotopic (exact) mass is 209 g/mol. The Balaban J connectivity index is 2.95. The molecule has 0 aliphatic rings. The Labute approximate surface area is 91.1 Å². The van der Waals surface area contributed by atoms with E-state index in [4.69, 9.17) is 4.74 Å². The summed E-state index contributed by atoms with van der Waals surface area (Å²) in [5.74, 6) is 0. The smallest absolute Gasteiger partial charge is 0.109 e.